The van der Waals surface area contributed by atoms with Crippen LogP contribution in [0.4, 0.5) is 5.69 Å². The third-order valence-electron chi connectivity index (χ3n) is 4.38. The zero-order valence-corrected chi connectivity index (χ0v) is 13.7. The van der Waals surface area contributed by atoms with Crippen LogP contribution in [0.15, 0.2) is 24.3 Å². The summed E-state index contributed by atoms with van der Waals surface area (Å²) in [5.74, 6) is 0.756. The van der Waals surface area contributed by atoms with E-state index in [2.05, 4.69) is 0 Å². The number of benzene rings is 1. The maximum absolute atomic E-state index is 12.6. The summed E-state index contributed by atoms with van der Waals surface area (Å²) in [5.41, 5.74) is 0.865. The normalized spacial score (nSPS) is 22.0. The smallest absolute Gasteiger partial charge is 0.260 e. The van der Waals surface area contributed by atoms with Gasteiger partial charge in [-0.2, -0.15) is 0 Å². The number of fused-ring (bicyclic) bond motifs is 1. The number of nitrogens with zero attached hydrogens (tertiary/aromatic N) is 3. The largest absolute Gasteiger partial charge is 0.494 e. The van der Waals surface area contributed by atoms with Crippen LogP contribution >= 0.6 is 0 Å². The summed E-state index contributed by atoms with van der Waals surface area (Å²) in [4.78, 5) is 27.0. The quantitative estimate of drug-likeness (QED) is 0.851. The van der Waals surface area contributed by atoms with Crippen LogP contribution in [0.2, 0.25) is 0 Å². The Morgan fingerprint density at radius 3 is 2.52 bits per heavy atom. The van der Waals surface area contributed by atoms with Crippen molar-refractivity contribution >= 4 is 17.5 Å². The van der Waals surface area contributed by atoms with Crippen molar-refractivity contribution in [2.45, 2.75) is 32.7 Å². The molecule has 6 heteroatoms. The average molecular weight is 317 g/mol. The second-order valence-electron chi connectivity index (χ2n) is 6.03. The first-order valence-electron chi connectivity index (χ1n) is 8.20. The zero-order valence-electron chi connectivity index (χ0n) is 13.7. The van der Waals surface area contributed by atoms with Gasteiger partial charge in [-0.25, -0.2) is 10.0 Å². The summed E-state index contributed by atoms with van der Waals surface area (Å²) in [6.07, 6.45) is 1.89. The molecular formula is C17H23N3O3. The fourth-order valence-electron chi connectivity index (χ4n) is 3.27. The van der Waals surface area contributed by atoms with E-state index < -0.39 is 0 Å². The van der Waals surface area contributed by atoms with Crippen molar-refractivity contribution in [3.05, 3.63) is 24.3 Å². The minimum atomic E-state index is -0.0173. The molecule has 2 amide bonds. The molecule has 1 aromatic carbocycles. The molecule has 2 saturated heterocycles. The minimum Gasteiger partial charge on any atom is -0.494 e. The van der Waals surface area contributed by atoms with Crippen molar-refractivity contribution in [1.29, 1.82) is 0 Å². The van der Waals surface area contributed by atoms with Gasteiger partial charge in [-0.15, -0.1) is 0 Å². The number of hydrogen-bond acceptors (Lipinski definition) is 4. The minimum absolute atomic E-state index is 0.0167. The van der Waals surface area contributed by atoms with Crippen molar-refractivity contribution in [2.75, 3.05) is 31.1 Å². The Morgan fingerprint density at radius 2 is 1.83 bits per heavy atom. The second-order valence-corrected chi connectivity index (χ2v) is 6.03. The summed E-state index contributed by atoms with van der Waals surface area (Å²) < 4.78 is 5.44. The molecule has 2 fully saturated rings. The molecule has 0 aliphatic carbocycles. The van der Waals surface area contributed by atoms with Gasteiger partial charge in [0.25, 0.3) is 11.8 Å². The van der Waals surface area contributed by atoms with Crippen molar-refractivity contribution in [3.8, 4) is 5.75 Å². The predicted molar refractivity (Wildman–Crippen MR) is 87.1 cm³/mol. The molecule has 6 nitrogen and oxygen atoms in total. The van der Waals surface area contributed by atoms with E-state index >= 15 is 0 Å². The molecule has 23 heavy (non-hydrogen) atoms. The summed E-state index contributed by atoms with van der Waals surface area (Å²) in [6.45, 7) is 5.63. The van der Waals surface area contributed by atoms with Crippen LogP contribution in [-0.2, 0) is 9.59 Å². The van der Waals surface area contributed by atoms with Gasteiger partial charge in [-0.3, -0.25) is 9.59 Å². The Labute approximate surface area is 136 Å². The van der Waals surface area contributed by atoms with Crippen molar-refractivity contribution in [2.24, 2.45) is 0 Å². The molecular weight excluding hydrogens is 294 g/mol. The van der Waals surface area contributed by atoms with E-state index in [0.717, 1.165) is 24.3 Å². The number of ether oxygens (including phenoxy) is 1. The molecule has 0 bridgehead atoms. The second kappa shape index (κ2) is 6.48. The van der Waals surface area contributed by atoms with E-state index in [1.165, 1.54) is 0 Å². The van der Waals surface area contributed by atoms with Crippen LogP contribution in [-0.4, -0.2) is 54.1 Å². The number of carbonyl (C=O) groups is 2. The molecule has 124 valence electrons. The van der Waals surface area contributed by atoms with Crippen molar-refractivity contribution < 1.29 is 14.3 Å². The Balaban J connectivity index is 1.81. The Morgan fingerprint density at radius 1 is 1.13 bits per heavy atom. The van der Waals surface area contributed by atoms with Crippen LogP contribution in [0.1, 0.15) is 26.7 Å². The molecule has 1 atom stereocenters. The molecule has 2 aliphatic rings. The average Bonchev–Trinajstić information content (AvgIpc) is 2.67. The highest BCUT2D eigenvalue weighted by Crippen LogP contribution is 2.25. The van der Waals surface area contributed by atoms with Gasteiger partial charge in [-0.1, -0.05) is 0 Å². The van der Waals surface area contributed by atoms with E-state index in [1.54, 1.807) is 10.0 Å². The highest BCUT2D eigenvalue weighted by Gasteiger charge is 2.37. The highest BCUT2D eigenvalue weighted by atomic mass is 16.5. The standard InChI is InChI=1S/C17H23N3O3/c1-3-23-15-8-6-14(7-9-15)18-11-16(21)19-10-4-5-13(2)20(19)17(22)12-18/h6-9,13H,3-5,10-12H2,1-2H3. The molecule has 0 radical (unpaired) electrons. The molecule has 3 rings (SSSR count). The molecule has 0 N–H and O–H groups in total. The number of hydrazine groups is 1. The summed E-state index contributed by atoms with van der Waals surface area (Å²) >= 11 is 0. The van der Waals surface area contributed by atoms with Crippen LogP contribution in [0, 0.1) is 0 Å². The molecule has 0 spiro atoms. The van der Waals surface area contributed by atoms with Gasteiger partial charge in [0.1, 0.15) is 5.75 Å². The van der Waals surface area contributed by atoms with E-state index in [0.29, 0.717) is 13.2 Å². The van der Waals surface area contributed by atoms with Gasteiger partial charge in [0.2, 0.25) is 0 Å². The molecule has 0 saturated carbocycles. The van der Waals surface area contributed by atoms with E-state index in [1.807, 2.05) is 43.0 Å². The number of rotatable bonds is 3. The lowest BCUT2D eigenvalue weighted by Crippen LogP contribution is -2.56. The van der Waals surface area contributed by atoms with E-state index in [4.69, 9.17) is 4.74 Å². The SMILES string of the molecule is CCOc1ccc(N2CC(=O)N3CCCC(C)N3C(=O)C2)cc1. The maximum Gasteiger partial charge on any atom is 0.260 e. The van der Waals surface area contributed by atoms with Crippen LogP contribution in [0.25, 0.3) is 0 Å². The molecule has 0 aromatic heterocycles. The molecule has 2 heterocycles. The lowest BCUT2D eigenvalue weighted by atomic mass is 10.1. The third kappa shape index (κ3) is 3.11. The monoisotopic (exact) mass is 317 g/mol. The fraction of sp³-hybridized carbons (Fsp3) is 0.529. The molecule has 1 unspecified atom stereocenters. The number of anilines is 1. The maximum atomic E-state index is 12.6. The van der Waals surface area contributed by atoms with Gasteiger partial charge in [0, 0.05) is 12.2 Å². The first-order valence-corrected chi connectivity index (χ1v) is 8.20. The van der Waals surface area contributed by atoms with Gasteiger partial charge in [0.15, 0.2) is 0 Å². The van der Waals surface area contributed by atoms with Crippen molar-refractivity contribution in [1.82, 2.24) is 10.0 Å². The van der Waals surface area contributed by atoms with Crippen molar-refractivity contribution in [3.63, 3.8) is 0 Å². The topological polar surface area (TPSA) is 53.1 Å². The van der Waals surface area contributed by atoms with Crippen LogP contribution in [0.3, 0.4) is 0 Å². The summed E-state index contributed by atoms with van der Waals surface area (Å²) in [7, 11) is 0. The van der Waals surface area contributed by atoms with Gasteiger partial charge in [0.05, 0.1) is 25.7 Å². The van der Waals surface area contributed by atoms with E-state index in [9.17, 15) is 9.59 Å². The van der Waals surface area contributed by atoms with Crippen LogP contribution < -0.4 is 9.64 Å². The predicted octanol–water partition coefficient (Wildman–Crippen LogP) is 1.66. The van der Waals surface area contributed by atoms with Gasteiger partial charge >= 0.3 is 0 Å². The summed E-state index contributed by atoms with van der Waals surface area (Å²) in [6, 6.07) is 7.62. The Kier molecular flexibility index (Phi) is 4.41. The fourth-order valence-corrected chi connectivity index (χ4v) is 3.27. The van der Waals surface area contributed by atoms with E-state index in [-0.39, 0.29) is 30.9 Å². The van der Waals surface area contributed by atoms with Gasteiger partial charge < -0.3 is 9.64 Å². The number of carbonyl (C=O) groups excluding carboxylic acids is 2. The summed E-state index contributed by atoms with van der Waals surface area (Å²) in [5, 5.41) is 3.28. The Bertz CT molecular complexity index is 587. The van der Waals surface area contributed by atoms with Gasteiger partial charge in [-0.05, 0) is 51.0 Å². The number of hydrogen-bond donors (Lipinski definition) is 0. The first kappa shape index (κ1) is 15.6. The lowest BCUT2D eigenvalue weighted by molar-refractivity contribution is -0.169. The lowest BCUT2D eigenvalue weighted by Gasteiger charge is -2.41. The zero-order chi connectivity index (χ0) is 16.4. The third-order valence-corrected chi connectivity index (χ3v) is 4.38. The molecule has 1 aromatic rings. The number of amides is 2. The highest BCUT2D eigenvalue weighted by molar-refractivity contribution is 5.91. The van der Waals surface area contributed by atoms with Crippen LogP contribution in [0.5, 0.6) is 5.75 Å². The molecule has 2 aliphatic heterocycles. The Hall–Kier alpha value is -2.24. The first-order chi connectivity index (χ1) is 11.1.